The number of hydrogen-bond acceptors (Lipinski definition) is 6. The van der Waals surface area contributed by atoms with E-state index in [0.717, 1.165) is 15.6 Å². The molecular formula is C23H20N2O5S2. The van der Waals surface area contributed by atoms with Crippen molar-refractivity contribution >= 4 is 48.7 Å². The van der Waals surface area contributed by atoms with Crippen molar-refractivity contribution in [3.8, 4) is 11.5 Å². The van der Waals surface area contributed by atoms with Gasteiger partial charge in [-0.05, 0) is 54.3 Å². The van der Waals surface area contributed by atoms with E-state index in [1.165, 1.54) is 36.6 Å². The number of phenols is 1. The van der Waals surface area contributed by atoms with Crippen LogP contribution in [0.2, 0.25) is 0 Å². The SMILES string of the molecule is COc1ccccc1NS(=O)(=O)c1ccc(O)c(NC(=O)c2sc3ccccc3c2C)c1. The third-order valence-electron chi connectivity index (χ3n) is 4.93. The van der Waals surface area contributed by atoms with E-state index < -0.39 is 15.9 Å². The number of rotatable bonds is 6. The summed E-state index contributed by atoms with van der Waals surface area (Å²) in [6.45, 7) is 1.85. The topological polar surface area (TPSA) is 105 Å². The van der Waals surface area contributed by atoms with Crippen molar-refractivity contribution in [2.45, 2.75) is 11.8 Å². The first-order chi connectivity index (χ1) is 15.3. The lowest BCUT2D eigenvalue weighted by atomic mass is 10.1. The molecule has 0 saturated carbocycles. The molecule has 0 aliphatic carbocycles. The Balaban J connectivity index is 1.63. The fourth-order valence-electron chi connectivity index (χ4n) is 3.29. The highest BCUT2D eigenvalue weighted by Gasteiger charge is 2.21. The smallest absolute Gasteiger partial charge is 0.266 e. The van der Waals surface area contributed by atoms with Gasteiger partial charge in [0, 0.05) is 4.70 Å². The Kier molecular flexibility index (Phi) is 5.77. The molecule has 3 N–H and O–H groups in total. The minimum atomic E-state index is -4.00. The second-order valence-corrected chi connectivity index (χ2v) is 9.73. The Hall–Kier alpha value is -3.56. The number of amides is 1. The summed E-state index contributed by atoms with van der Waals surface area (Å²) in [5.74, 6) is -0.303. The Bertz CT molecular complexity index is 1430. The van der Waals surface area contributed by atoms with Crippen LogP contribution in [0.15, 0.2) is 71.6 Å². The lowest BCUT2D eigenvalue weighted by Crippen LogP contribution is -2.15. The lowest BCUT2D eigenvalue weighted by molar-refractivity contribution is 0.102. The fourth-order valence-corrected chi connectivity index (χ4v) is 5.49. The van der Waals surface area contributed by atoms with Gasteiger partial charge >= 0.3 is 0 Å². The largest absolute Gasteiger partial charge is 0.506 e. The predicted molar refractivity (Wildman–Crippen MR) is 126 cm³/mol. The van der Waals surface area contributed by atoms with Gasteiger partial charge in [0.1, 0.15) is 11.5 Å². The van der Waals surface area contributed by atoms with Gasteiger partial charge in [0.15, 0.2) is 0 Å². The number of hydrogen-bond donors (Lipinski definition) is 3. The Morgan fingerprint density at radius 1 is 1.00 bits per heavy atom. The van der Waals surface area contributed by atoms with Gasteiger partial charge in [0.2, 0.25) is 0 Å². The molecule has 7 nitrogen and oxygen atoms in total. The van der Waals surface area contributed by atoms with Crippen LogP contribution in [0.3, 0.4) is 0 Å². The number of carbonyl (C=O) groups is 1. The zero-order valence-electron chi connectivity index (χ0n) is 17.2. The molecule has 0 saturated heterocycles. The first-order valence-corrected chi connectivity index (χ1v) is 11.9. The molecule has 32 heavy (non-hydrogen) atoms. The molecular weight excluding hydrogens is 448 g/mol. The molecule has 1 amide bonds. The first kappa shape index (κ1) is 21.7. The minimum Gasteiger partial charge on any atom is -0.506 e. The van der Waals surface area contributed by atoms with Gasteiger partial charge in [0.05, 0.1) is 28.3 Å². The lowest BCUT2D eigenvalue weighted by Gasteiger charge is -2.13. The molecule has 1 aromatic heterocycles. The third kappa shape index (κ3) is 4.12. The van der Waals surface area contributed by atoms with Crippen molar-refractivity contribution in [3.05, 3.63) is 77.2 Å². The van der Waals surface area contributed by atoms with E-state index in [1.54, 1.807) is 24.3 Å². The van der Waals surface area contributed by atoms with E-state index in [1.807, 2.05) is 31.2 Å². The molecule has 0 spiro atoms. The Morgan fingerprint density at radius 3 is 2.47 bits per heavy atom. The summed E-state index contributed by atoms with van der Waals surface area (Å²) in [7, 11) is -2.56. The molecule has 0 atom stereocenters. The summed E-state index contributed by atoms with van der Waals surface area (Å²) in [6, 6.07) is 18.0. The molecule has 0 aliphatic rings. The van der Waals surface area contributed by atoms with Crippen LogP contribution in [-0.4, -0.2) is 26.5 Å². The maximum absolute atomic E-state index is 12.9. The number of nitrogens with one attached hydrogen (secondary N) is 2. The number of aromatic hydroxyl groups is 1. The highest BCUT2D eigenvalue weighted by atomic mass is 32.2. The van der Waals surface area contributed by atoms with Crippen LogP contribution in [0.25, 0.3) is 10.1 Å². The number of thiophene rings is 1. The summed E-state index contributed by atoms with van der Waals surface area (Å²) < 4.78 is 34.4. The van der Waals surface area contributed by atoms with E-state index >= 15 is 0 Å². The van der Waals surface area contributed by atoms with Gasteiger partial charge in [0.25, 0.3) is 15.9 Å². The Morgan fingerprint density at radius 2 is 1.72 bits per heavy atom. The van der Waals surface area contributed by atoms with Gasteiger partial charge in [-0.3, -0.25) is 9.52 Å². The van der Waals surface area contributed by atoms with E-state index in [-0.39, 0.29) is 22.0 Å². The molecule has 0 unspecified atom stereocenters. The zero-order chi connectivity index (χ0) is 22.9. The maximum atomic E-state index is 12.9. The molecule has 1 heterocycles. The molecule has 9 heteroatoms. The van der Waals surface area contributed by atoms with Crippen LogP contribution in [-0.2, 0) is 10.0 Å². The number of ether oxygens (including phenoxy) is 1. The van der Waals surface area contributed by atoms with Gasteiger partial charge in [-0.15, -0.1) is 11.3 Å². The summed E-state index contributed by atoms with van der Waals surface area (Å²) in [5, 5.41) is 13.8. The van der Waals surface area contributed by atoms with Crippen molar-refractivity contribution < 1.29 is 23.1 Å². The van der Waals surface area contributed by atoms with Crippen molar-refractivity contribution in [1.29, 1.82) is 0 Å². The predicted octanol–water partition coefficient (Wildman–Crippen LogP) is 4.98. The number of methoxy groups -OCH3 is 1. The maximum Gasteiger partial charge on any atom is 0.266 e. The van der Waals surface area contributed by atoms with Crippen LogP contribution >= 0.6 is 11.3 Å². The van der Waals surface area contributed by atoms with Crippen LogP contribution in [0.4, 0.5) is 11.4 Å². The fraction of sp³-hybridized carbons (Fsp3) is 0.0870. The standard InChI is InChI=1S/C23H20N2O5S2/c1-14-16-7-3-6-10-21(16)31-22(14)23(27)24-18-13-15(11-12-19(18)26)32(28,29)25-17-8-4-5-9-20(17)30-2/h3-13,25-26H,1-2H3,(H,24,27). The number of aryl methyl sites for hydroxylation is 1. The molecule has 164 valence electrons. The number of sulfonamides is 1. The van der Waals surface area contributed by atoms with Crippen LogP contribution in [0.5, 0.6) is 11.5 Å². The highest BCUT2D eigenvalue weighted by Crippen LogP contribution is 2.33. The van der Waals surface area contributed by atoms with Crippen molar-refractivity contribution in [3.63, 3.8) is 0 Å². The van der Waals surface area contributed by atoms with Gasteiger partial charge in [-0.1, -0.05) is 30.3 Å². The molecule has 4 rings (SSSR count). The van der Waals surface area contributed by atoms with E-state index in [0.29, 0.717) is 10.6 Å². The van der Waals surface area contributed by atoms with Crippen molar-refractivity contribution in [2.75, 3.05) is 17.1 Å². The van der Waals surface area contributed by atoms with Gasteiger partial charge < -0.3 is 15.2 Å². The number of fused-ring (bicyclic) bond motifs is 1. The Labute approximate surface area is 189 Å². The summed E-state index contributed by atoms with van der Waals surface area (Å²) in [6.07, 6.45) is 0. The van der Waals surface area contributed by atoms with E-state index in [9.17, 15) is 18.3 Å². The van der Waals surface area contributed by atoms with E-state index in [2.05, 4.69) is 10.0 Å². The van der Waals surface area contributed by atoms with Gasteiger partial charge in [-0.2, -0.15) is 0 Å². The monoisotopic (exact) mass is 468 g/mol. The van der Waals surface area contributed by atoms with Crippen LogP contribution in [0, 0.1) is 6.92 Å². The number of para-hydroxylation sites is 2. The highest BCUT2D eigenvalue weighted by molar-refractivity contribution is 7.92. The summed E-state index contributed by atoms with van der Waals surface area (Å²) >= 11 is 1.33. The average Bonchev–Trinajstić information content (AvgIpc) is 3.12. The van der Waals surface area contributed by atoms with Crippen LogP contribution < -0.4 is 14.8 Å². The van der Waals surface area contributed by atoms with Crippen molar-refractivity contribution in [2.24, 2.45) is 0 Å². The van der Waals surface area contributed by atoms with Gasteiger partial charge in [-0.25, -0.2) is 8.42 Å². The second kappa shape index (κ2) is 8.52. The molecule has 0 aliphatic heterocycles. The third-order valence-corrected chi connectivity index (χ3v) is 7.56. The second-order valence-electron chi connectivity index (χ2n) is 6.99. The molecule has 0 bridgehead atoms. The molecule has 0 radical (unpaired) electrons. The number of benzene rings is 3. The molecule has 0 fully saturated rings. The molecule has 4 aromatic rings. The summed E-state index contributed by atoms with van der Waals surface area (Å²) in [4.78, 5) is 13.3. The van der Waals surface area contributed by atoms with Crippen molar-refractivity contribution in [1.82, 2.24) is 0 Å². The summed E-state index contributed by atoms with van der Waals surface area (Å²) in [5.41, 5.74) is 1.09. The zero-order valence-corrected chi connectivity index (χ0v) is 18.9. The van der Waals surface area contributed by atoms with Crippen LogP contribution in [0.1, 0.15) is 15.2 Å². The number of anilines is 2. The normalized spacial score (nSPS) is 11.3. The average molecular weight is 469 g/mol. The first-order valence-electron chi connectivity index (χ1n) is 9.58. The quantitative estimate of drug-likeness (QED) is 0.346. The molecule has 3 aromatic carbocycles. The minimum absolute atomic E-state index is 0.00485. The number of carbonyl (C=O) groups excluding carboxylic acids is 1. The number of phenolic OH excluding ortho intramolecular Hbond substituents is 1. The van der Waals surface area contributed by atoms with E-state index in [4.69, 9.17) is 4.74 Å².